The molecule has 0 bridgehead atoms. The normalized spacial score (nSPS) is 10.5. The quantitative estimate of drug-likeness (QED) is 0.719. The van der Waals surface area contributed by atoms with Gasteiger partial charge < -0.3 is 15.4 Å². The van der Waals surface area contributed by atoms with Gasteiger partial charge in [0, 0.05) is 12.6 Å². The lowest BCUT2D eigenvalue weighted by Gasteiger charge is -2.10. The lowest BCUT2D eigenvalue weighted by molar-refractivity contribution is 0.0600. The third-order valence-electron chi connectivity index (χ3n) is 3.56. The summed E-state index contributed by atoms with van der Waals surface area (Å²) < 4.78 is 4.70. The van der Waals surface area contributed by atoms with Crippen LogP contribution in [-0.2, 0) is 4.74 Å². The molecule has 1 aromatic carbocycles. The Hall–Kier alpha value is -2.67. The molecule has 0 fully saturated rings. The van der Waals surface area contributed by atoms with Crippen molar-refractivity contribution in [3.8, 4) is 0 Å². The number of halogens is 1. The van der Waals surface area contributed by atoms with Gasteiger partial charge in [-0.15, -0.1) is 0 Å². The molecule has 0 spiro atoms. The van der Waals surface area contributed by atoms with Crippen molar-refractivity contribution in [2.24, 2.45) is 5.92 Å². The molecule has 138 valence electrons. The number of esters is 1. The van der Waals surface area contributed by atoms with Gasteiger partial charge in [0.2, 0.25) is 0 Å². The number of methoxy groups -OCH3 is 1. The van der Waals surface area contributed by atoms with E-state index in [1.165, 1.54) is 19.5 Å². The first-order chi connectivity index (χ1) is 12.4. The third kappa shape index (κ3) is 5.42. The average Bonchev–Trinajstić information content (AvgIpc) is 2.62. The Morgan fingerprint density at radius 2 is 2.00 bits per heavy atom. The molecule has 2 rings (SSSR count). The summed E-state index contributed by atoms with van der Waals surface area (Å²) in [4.78, 5) is 31.9. The van der Waals surface area contributed by atoms with Crippen molar-refractivity contribution in [3.63, 3.8) is 0 Å². The molecule has 8 heteroatoms. The minimum absolute atomic E-state index is 0.242. The molecule has 7 nitrogen and oxygen atoms in total. The molecule has 1 heterocycles. The number of hydrogen-bond acceptors (Lipinski definition) is 6. The van der Waals surface area contributed by atoms with Gasteiger partial charge in [-0.2, -0.15) is 0 Å². The van der Waals surface area contributed by atoms with Crippen LogP contribution in [0.15, 0.2) is 30.6 Å². The van der Waals surface area contributed by atoms with Crippen molar-refractivity contribution in [2.45, 2.75) is 20.3 Å². The summed E-state index contributed by atoms with van der Waals surface area (Å²) in [5, 5.41) is 6.21. The molecule has 0 saturated carbocycles. The van der Waals surface area contributed by atoms with Gasteiger partial charge in [-0.1, -0.05) is 25.4 Å². The number of benzene rings is 1. The molecule has 0 radical (unpaired) electrons. The van der Waals surface area contributed by atoms with Crippen LogP contribution in [0.4, 0.5) is 11.5 Å². The van der Waals surface area contributed by atoms with Crippen LogP contribution >= 0.6 is 11.6 Å². The van der Waals surface area contributed by atoms with Gasteiger partial charge in [0.15, 0.2) is 0 Å². The molecule has 0 aliphatic carbocycles. The molecule has 0 aliphatic heterocycles. The Labute approximate surface area is 157 Å². The second-order valence-electron chi connectivity index (χ2n) is 6.04. The molecule has 26 heavy (non-hydrogen) atoms. The van der Waals surface area contributed by atoms with Gasteiger partial charge in [0.25, 0.3) is 5.91 Å². The molecule has 2 aromatic rings. The maximum Gasteiger partial charge on any atom is 0.337 e. The van der Waals surface area contributed by atoms with Gasteiger partial charge in [0.1, 0.15) is 17.8 Å². The SMILES string of the molecule is COC(=O)c1ccc(Cl)c(Nc2cc(C(=O)NCCC(C)C)ncn2)c1. The second kappa shape index (κ2) is 9.15. The van der Waals surface area contributed by atoms with Crippen molar-refractivity contribution in [1.82, 2.24) is 15.3 Å². The van der Waals surface area contributed by atoms with E-state index in [0.717, 1.165) is 6.42 Å². The minimum atomic E-state index is -0.474. The molecule has 0 unspecified atom stereocenters. The first-order valence-electron chi connectivity index (χ1n) is 8.16. The summed E-state index contributed by atoms with van der Waals surface area (Å²) in [7, 11) is 1.30. The maximum atomic E-state index is 12.2. The first-order valence-corrected chi connectivity index (χ1v) is 8.53. The van der Waals surface area contributed by atoms with E-state index < -0.39 is 5.97 Å². The number of carbonyl (C=O) groups excluding carboxylic acids is 2. The summed E-state index contributed by atoms with van der Waals surface area (Å²) in [6.45, 7) is 4.76. The zero-order valence-electron chi connectivity index (χ0n) is 14.9. The van der Waals surface area contributed by atoms with E-state index in [1.54, 1.807) is 18.2 Å². The molecule has 1 amide bonds. The van der Waals surface area contributed by atoms with E-state index in [4.69, 9.17) is 16.3 Å². The Morgan fingerprint density at radius 3 is 2.69 bits per heavy atom. The second-order valence-corrected chi connectivity index (χ2v) is 6.45. The molecular formula is C18H21ClN4O3. The minimum Gasteiger partial charge on any atom is -0.465 e. The van der Waals surface area contributed by atoms with Crippen LogP contribution in [0.3, 0.4) is 0 Å². The fourth-order valence-electron chi connectivity index (χ4n) is 2.12. The van der Waals surface area contributed by atoms with Crippen LogP contribution in [0.25, 0.3) is 0 Å². The van der Waals surface area contributed by atoms with E-state index in [2.05, 4.69) is 34.4 Å². The van der Waals surface area contributed by atoms with E-state index in [1.807, 2.05) is 0 Å². The van der Waals surface area contributed by atoms with Gasteiger partial charge in [-0.3, -0.25) is 4.79 Å². The highest BCUT2D eigenvalue weighted by Crippen LogP contribution is 2.26. The molecule has 1 aromatic heterocycles. The Bertz CT molecular complexity index is 796. The highest BCUT2D eigenvalue weighted by molar-refractivity contribution is 6.33. The van der Waals surface area contributed by atoms with Gasteiger partial charge >= 0.3 is 5.97 Å². The number of aromatic nitrogens is 2. The number of nitrogens with zero attached hydrogens (tertiary/aromatic N) is 2. The topological polar surface area (TPSA) is 93.2 Å². The van der Waals surface area contributed by atoms with Crippen LogP contribution in [-0.4, -0.2) is 35.5 Å². The largest absolute Gasteiger partial charge is 0.465 e. The smallest absolute Gasteiger partial charge is 0.337 e. The number of carbonyl (C=O) groups is 2. The van der Waals surface area contributed by atoms with E-state index in [9.17, 15) is 9.59 Å². The fraction of sp³-hybridized carbons (Fsp3) is 0.333. The number of amides is 1. The van der Waals surface area contributed by atoms with Crippen LogP contribution in [0.2, 0.25) is 5.02 Å². The van der Waals surface area contributed by atoms with Crippen LogP contribution < -0.4 is 10.6 Å². The molecular weight excluding hydrogens is 356 g/mol. The average molecular weight is 377 g/mol. The lowest BCUT2D eigenvalue weighted by Crippen LogP contribution is -2.26. The predicted molar refractivity (Wildman–Crippen MR) is 99.9 cm³/mol. The summed E-state index contributed by atoms with van der Waals surface area (Å²) in [6.07, 6.45) is 2.18. The predicted octanol–water partition coefficient (Wildman–Crippen LogP) is 3.44. The van der Waals surface area contributed by atoms with Crippen molar-refractivity contribution in [3.05, 3.63) is 46.9 Å². The van der Waals surface area contributed by atoms with Crippen molar-refractivity contribution in [1.29, 1.82) is 0 Å². The highest BCUT2D eigenvalue weighted by atomic mass is 35.5. The Balaban J connectivity index is 2.13. The van der Waals surface area contributed by atoms with Gasteiger partial charge in [0.05, 0.1) is 23.4 Å². The standard InChI is InChI=1S/C18H21ClN4O3/c1-11(2)6-7-20-17(24)15-9-16(22-10-21-15)23-14-8-12(18(25)26-3)4-5-13(14)19/h4-5,8-11H,6-7H2,1-3H3,(H,20,24)(H,21,22,23). The summed E-state index contributed by atoms with van der Waals surface area (Å²) >= 11 is 6.16. The van der Waals surface area contributed by atoms with E-state index in [-0.39, 0.29) is 11.6 Å². The van der Waals surface area contributed by atoms with Crippen LogP contribution in [0, 0.1) is 5.92 Å². The van der Waals surface area contributed by atoms with Crippen molar-refractivity contribution < 1.29 is 14.3 Å². The van der Waals surface area contributed by atoms with Crippen molar-refractivity contribution >= 4 is 35.0 Å². The zero-order chi connectivity index (χ0) is 19.1. The Morgan fingerprint density at radius 1 is 1.23 bits per heavy atom. The van der Waals surface area contributed by atoms with Gasteiger partial charge in [-0.05, 0) is 30.5 Å². The highest BCUT2D eigenvalue weighted by Gasteiger charge is 2.12. The summed E-state index contributed by atoms with van der Waals surface area (Å²) in [5.74, 6) is 0.142. The molecule has 0 aliphatic rings. The summed E-state index contributed by atoms with van der Waals surface area (Å²) in [6, 6.07) is 6.22. The van der Waals surface area contributed by atoms with Gasteiger partial charge in [-0.25, -0.2) is 14.8 Å². The van der Waals surface area contributed by atoms with E-state index >= 15 is 0 Å². The number of rotatable bonds is 7. The number of ether oxygens (including phenoxy) is 1. The summed E-state index contributed by atoms with van der Waals surface area (Å²) in [5.41, 5.74) is 1.06. The molecule has 2 N–H and O–H groups in total. The first kappa shape index (κ1) is 19.7. The fourth-order valence-corrected chi connectivity index (χ4v) is 2.28. The zero-order valence-corrected chi connectivity index (χ0v) is 15.6. The third-order valence-corrected chi connectivity index (χ3v) is 3.89. The number of anilines is 2. The van der Waals surface area contributed by atoms with Crippen LogP contribution in [0.5, 0.6) is 0 Å². The molecule has 0 atom stereocenters. The Kier molecular flexibility index (Phi) is 6.91. The monoisotopic (exact) mass is 376 g/mol. The maximum absolute atomic E-state index is 12.2. The van der Waals surface area contributed by atoms with E-state index in [0.29, 0.717) is 34.6 Å². The van der Waals surface area contributed by atoms with Crippen molar-refractivity contribution in [2.75, 3.05) is 19.0 Å². The molecule has 0 saturated heterocycles. The number of hydrogen-bond donors (Lipinski definition) is 2. The van der Waals surface area contributed by atoms with Crippen LogP contribution in [0.1, 0.15) is 41.1 Å². The number of nitrogens with one attached hydrogen (secondary N) is 2. The lowest BCUT2D eigenvalue weighted by atomic mass is 10.1.